The Kier molecular flexibility index (Phi) is 12.7. The molecule has 0 aliphatic rings. The van der Waals surface area contributed by atoms with Crippen LogP contribution in [0.3, 0.4) is 0 Å². The van der Waals surface area contributed by atoms with Gasteiger partial charge in [0.25, 0.3) is 0 Å². The van der Waals surface area contributed by atoms with E-state index in [4.69, 9.17) is 0 Å². The van der Waals surface area contributed by atoms with Crippen LogP contribution < -0.4 is 0 Å². The fourth-order valence-electron chi connectivity index (χ4n) is 2.52. The van der Waals surface area contributed by atoms with Gasteiger partial charge >= 0.3 is 0 Å². The van der Waals surface area contributed by atoms with Crippen molar-refractivity contribution in [1.82, 2.24) is 0 Å². The van der Waals surface area contributed by atoms with E-state index in [-0.39, 0.29) is 10.6 Å². The molecule has 0 aromatic rings. The summed E-state index contributed by atoms with van der Waals surface area (Å²) >= 11 is 0. The standard InChI is InChI=1S/C22H37NO2/c1-18(2)10-7-11-19(3)12-8-13-20(4)14-9-15-21(5)16-17-22(6)23(24)25/h10,12,14,17,21H,7-9,11,13,15-16H2,1-6H3. The summed E-state index contributed by atoms with van der Waals surface area (Å²) in [4.78, 5) is 10.3. The van der Waals surface area contributed by atoms with Gasteiger partial charge < -0.3 is 0 Å². The van der Waals surface area contributed by atoms with Crippen LogP contribution in [0.1, 0.15) is 86.5 Å². The summed E-state index contributed by atoms with van der Waals surface area (Å²) in [5, 5.41) is 10.6. The molecule has 0 aliphatic carbocycles. The third-order valence-corrected chi connectivity index (χ3v) is 4.38. The second kappa shape index (κ2) is 13.6. The molecular weight excluding hydrogens is 310 g/mol. The van der Waals surface area contributed by atoms with Crippen LogP contribution >= 0.6 is 0 Å². The second-order valence-electron chi connectivity index (χ2n) is 7.48. The molecule has 3 nitrogen and oxygen atoms in total. The zero-order chi connectivity index (χ0) is 19.2. The largest absolute Gasteiger partial charge is 0.259 e. The van der Waals surface area contributed by atoms with Gasteiger partial charge in [-0.15, -0.1) is 0 Å². The Labute approximate surface area is 154 Å². The zero-order valence-corrected chi connectivity index (χ0v) is 17.1. The van der Waals surface area contributed by atoms with Crippen LogP contribution in [-0.4, -0.2) is 4.92 Å². The number of hydrogen-bond donors (Lipinski definition) is 0. The van der Waals surface area contributed by atoms with Crippen molar-refractivity contribution in [2.45, 2.75) is 86.5 Å². The molecule has 0 saturated heterocycles. The monoisotopic (exact) mass is 347 g/mol. The van der Waals surface area contributed by atoms with E-state index in [1.165, 1.54) is 16.7 Å². The topological polar surface area (TPSA) is 43.1 Å². The summed E-state index contributed by atoms with van der Waals surface area (Å²) in [6, 6.07) is 0. The third kappa shape index (κ3) is 14.4. The summed E-state index contributed by atoms with van der Waals surface area (Å²) in [6.07, 6.45) is 16.2. The minimum absolute atomic E-state index is 0.255. The minimum atomic E-state index is -0.314. The number of nitro groups is 1. The Bertz CT molecular complexity index is 520. The van der Waals surface area contributed by atoms with Gasteiger partial charge in [0, 0.05) is 6.92 Å². The molecular formula is C22H37NO2. The highest BCUT2D eigenvalue weighted by Gasteiger charge is 2.04. The van der Waals surface area contributed by atoms with Gasteiger partial charge in [-0.1, -0.05) is 41.9 Å². The Balaban J connectivity index is 4.03. The number of nitrogens with zero attached hydrogens (tertiary/aromatic N) is 1. The fourth-order valence-corrected chi connectivity index (χ4v) is 2.52. The normalized spacial score (nSPS) is 14.4. The van der Waals surface area contributed by atoms with Gasteiger partial charge in [-0.3, -0.25) is 10.1 Å². The van der Waals surface area contributed by atoms with E-state index < -0.39 is 0 Å². The average Bonchev–Trinajstić information content (AvgIpc) is 2.52. The number of allylic oxidation sites excluding steroid dienone is 8. The van der Waals surface area contributed by atoms with Crippen molar-refractivity contribution < 1.29 is 4.92 Å². The number of hydrogen-bond acceptors (Lipinski definition) is 2. The summed E-state index contributed by atoms with van der Waals surface area (Å²) < 4.78 is 0. The molecule has 0 saturated carbocycles. The lowest BCUT2D eigenvalue weighted by Gasteiger charge is -2.07. The zero-order valence-electron chi connectivity index (χ0n) is 17.1. The molecule has 0 aromatic heterocycles. The SMILES string of the molecule is CC(C)=CCCC(C)=CCCC(C)=CCCC(C)CC=C(C)[N+](=O)[O-]. The highest BCUT2D eigenvalue weighted by molar-refractivity contribution is 5.05. The molecule has 25 heavy (non-hydrogen) atoms. The molecule has 0 spiro atoms. The van der Waals surface area contributed by atoms with Crippen molar-refractivity contribution >= 4 is 0 Å². The van der Waals surface area contributed by atoms with Crippen LogP contribution in [0.5, 0.6) is 0 Å². The first-order chi connectivity index (χ1) is 11.7. The first-order valence-corrected chi connectivity index (χ1v) is 9.48. The van der Waals surface area contributed by atoms with Crippen molar-refractivity contribution in [3.05, 3.63) is 56.8 Å². The molecule has 0 N–H and O–H groups in total. The van der Waals surface area contributed by atoms with E-state index in [2.05, 4.69) is 52.8 Å². The average molecular weight is 348 g/mol. The molecule has 0 fully saturated rings. The molecule has 0 aliphatic heterocycles. The maximum atomic E-state index is 10.6. The van der Waals surface area contributed by atoms with E-state index in [0.29, 0.717) is 5.92 Å². The molecule has 0 heterocycles. The van der Waals surface area contributed by atoms with E-state index in [1.807, 2.05) is 0 Å². The van der Waals surface area contributed by atoms with E-state index in [0.717, 1.165) is 44.9 Å². The van der Waals surface area contributed by atoms with E-state index >= 15 is 0 Å². The maximum absolute atomic E-state index is 10.6. The molecule has 0 bridgehead atoms. The maximum Gasteiger partial charge on any atom is 0.239 e. The number of rotatable bonds is 12. The van der Waals surface area contributed by atoms with Crippen LogP contribution in [0.2, 0.25) is 0 Å². The smallest absolute Gasteiger partial charge is 0.239 e. The highest BCUT2D eigenvalue weighted by atomic mass is 16.6. The van der Waals surface area contributed by atoms with Crippen molar-refractivity contribution in [3.63, 3.8) is 0 Å². The summed E-state index contributed by atoms with van der Waals surface area (Å²) in [5.74, 6) is 0.483. The van der Waals surface area contributed by atoms with Crippen molar-refractivity contribution in [2.24, 2.45) is 5.92 Å². The lowest BCUT2D eigenvalue weighted by Crippen LogP contribution is -1.97. The van der Waals surface area contributed by atoms with E-state index in [1.54, 1.807) is 13.0 Å². The van der Waals surface area contributed by atoms with Crippen LogP contribution in [0.4, 0.5) is 0 Å². The molecule has 1 atom stereocenters. The molecule has 0 amide bonds. The van der Waals surface area contributed by atoms with Crippen molar-refractivity contribution in [2.75, 3.05) is 0 Å². The van der Waals surface area contributed by atoms with Crippen molar-refractivity contribution in [3.8, 4) is 0 Å². The Morgan fingerprint density at radius 2 is 1.40 bits per heavy atom. The van der Waals surface area contributed by atoms with Crippen molar-refractivity contribution in [1.29, 1.82) is 0 Å². The van der Waals surface area contributed by atoms with E-state index in [9.17, 15) is 10.1 Å². The van der Waals surface area contributed by atoms with Gasteiger partial charge in [0.15, 0.2) is 0 Å². The fraction of sp³-hybridized carbons (Fsp3) is 0.636. The minimum Gasteiger partial charge on any atom is -0.259 e. The molecule has 142 valence electrons. The van der Waals surface area contributed by atoms with Gasteiger partial charge in [0.05, 0.1) is 4.92 Å². The lowest BCUT2D eigenvalue weighted by molar-refractivity contribution is -0.424. The Morgan fingerprint density at radius 3 is 1.92 bits per heavy atom. The third-order valence-electron chi connectivity index (χ3n) is 4.38. The second-order valence-corrected chi connectivity index (χ2v) is 7.48. The predicted molar refractivity (Wildman–Crippen MR) is 109 cm³/mol. The first kappa shape index (κ1) is 23.4. The van der Waals surface area contributed by atoms with Gasteiger partial charge in [-0.25, -0.2) is 0 Å². The first-order valence-electron chi connectivity index (χ1n) is 9.48. The predicted octanol–water partition coefficient (Wildman–Crippen LogP) is 7.39. The van der Waals surface area contributed by atoms with Gasteiger partial charge in [0.1, 0.15) is 0 Å². The Morgan fingerprint density at radius 1 is 0.880 bits per heavy atom. The van der Waals surface area contributed by atoms with Crippen LogP contribution in [0, 0.1) is 16.0 Å². The molecule has 1 unspecified atom stereocenters. The van der Waals surface area contributed by atoms with Crippen LogP contribution in [0.15, 0.2) is 46.7 Å². The lowest BCUT2D eigenvalue weighted by atomic mass is 9.99. The summed E-state index contributed by atoms with van der Waals surface area (Å²) in [7, 11) is 0. The highest BCUT2D eigenvalue weighted by Crippen LogP contribution is 2.16. The van der Waals surface area contributed by atoms with Crippen LogP contribution in [0.25, 0.3) is 0 Å². The summed E-state index contributed by atoms with van der Waals surface area (Å²) in [6.45, 7) is 12.4. The quantitative estimate of drug-likeness (QED) is 0.210. The molecule has 0 radical (unpaired) electrons. The molecule has 3 heteroatoms. The molecule has 0 aromatic carbocycles. The van der Waals surface area contributed by atoms with Crippen LogP contribution in [-0.2, 0) is 0 Å². The molecule has 0 rings (SSSR count). The van der Waals surface area contributed by atoms with Gasteiger partial charge in [-0.05, 0) is 84.6 Å². The Hall–Kier alpha value is -1.64. The van der Waals surface area contributed by atoms with Gasteiger partial charge in [-0.2, -0.15) is 0 Å². The van der Waals surface area contributed by atoms with Gasteiger partial charge in [0.2, 0.25) is 5.70 Å². The summed E-state index contributed by atoms with van der Waals surface area (Å²) in [5.41, 5.74) is 4.57.